The molecule has 2 aromatic carbocycles. The van der Waals surface area contributed by atoms with E-state index < -0.39 is 6.04 Å². The molecule has 0 fully saturated rings. The molecule has 1 N–H and O–H groups in total. The van der Waals surface area contributed by atoms with E-state index >= 15 is 0 Å². The highest BCUT2D eigenvalue weighted by molar-refractivity contribution is 6.31. The van der Waals surface area contributed by atoms with Gasteiger partial charge in [0.2, 0.25) is 11.8 Å². The predicted octanol–water partition coefficient (Wildman–Crippen LogP) is 4.60. The fraction of sp³-hybridized carbons (Fsp3) is 0.391. The minimum atomic E-state index is -0.548. The Morgan fingerprint density at radius 2 is 1.68 bits per heavy atom. The van der Waals surface area contributed by atoms with Crippen molar-refractivity contribution in [3.05, 3.63) is 70.7 Å². The van der Waals surface area contributed by atoms with Crippen molar-refractivity contribution < 1.29 is 9.59 Å². The smallest absolute Gasteiger partial charge is 0.242 e. The minimum Gasteiger partial charge on any atom is -0.352 e. The van der Waals surface area contributed by atoms with Gasteiger partial charge in [0.15, 0.2) is 0 Å². The van der Waals surface area contributed by atoms with E-state index in [1.165, 1.54) is 0 Å². The van der Waals surface area contributed by atoms with Gasteiger partial charge in [0.1, 0.15) is 6.04 Å². The quantitative estimate of drug-likeness (QED) is 0.668. The second-order valence-electron chi connectivity index (χ2n) is 7.09. The van der Waals surface area contributed by atoms with E-state index in [4.69, 9.17) is 11.6 Å². The number of nitrogens with one attached hydrogen (secondary N) is 1. The maximum atomic E-state index is 13.0. The van der Waals surface area contributed by atoms with Gasteiger partial charge in [0, 0.05) is 24.0 Å². The van der Waals surface area contributed by atoms with Crippen molar-refractivity contribution in [3.63, 3.8) is 0 Å². The molecule has 2 atom stereocenters. The van der Waals surface area contributed by atoms with Crippen molar-refractivity contribution in [2.24, 2.45) is 0 Å². The van der Waals surface area contributed by atoms with Crippen LogP contribution in [0, 0.1) is 0 Å². The summed E-state index contributed by atoms with van der Waals surface area (Å²) in [6.07, 6.45) is 1.69. The summed E-state index contributed by atoms with van der Waals surface area (Å²) < 4.78 is 0. The molecule has 0 bridgehead atoms. The average Bonchev–Trinajstić information content (AvgIpc) is 2.71. The molecule has 0 saturated carbocycles. The summed E-state index contributed by atoms with van der Waals surface area (Å²) in [5.74, 6) is -0.188. The van der Waals surface area contributed by atoms with E-state index in [-0.39, 0.29) is 17.9 Å². The van der Waals surface area contributed by atoms with Gasteiger partial charge in [-0.15, -0.1) is 0 Å². The molecule has 2 rings (SSSR count). The van der Waals surface area contributed by atoms with Crippen LogP contribution in [0.3, 0.4) is 0 Å². The molecule has 150 valence electrons. The topological polar surface area (TPSA) is 49.4 Å². The first-order chi connectivity index (χ1) is 13.4. The van der Waals surface area contributed by atoms with Crippen LogP contribution in [0.5, 0.6) is 0 Å². The van der Waals surface area contributed by atoms with Crippen LogP contribution in [0.15, 0.2) is 54.6 Å². The van der Waals surface area contributed by atoms with Gasteiger partial charge in [-0.2, -0.15) is 0 Å². The first kappa shape index (κ1) is 22.0. The van der Waals surface area contributed by atoms with Crippen LogP contribution in [-0.2, 0) is 22.6 Å². The maximum Gasteiger partial charge on any atom is 0.242 e. The molecule has 0 unspecified atom stereocenters. The lowest BCUT2D eigenvalue weighted by Gasteiger charge is -2.30. The number of aryl methyl sites for hydroxylation is 1. The van der Waals surface area contributed by atoms with Crippen molar-refractivity contribution >= 4 is 23.4 Å². The van der Waals surface area contributed by atoms with E-state index in [0.717, 1.165) is 17.5 Å². The van der Waals surface area contributed by atoms with E-state index in [0.29, 0.717) is 24.4 Å². The monoisotopic (exact) mass is 400 g/mol. The molecule has 4 nitrogen and oxygen atoms in total. The number of rotatable bonds is 9. The summed E-state index contributed by atoms with van der Waals surface area (Å²) >= 11 is 6.21. The number of benzene rings is 2. The second kappa shape index (κ2) is 10.9. The predicted molar refractivity (Wildman–Crippen MR) is 114 cm³/mol. The zero-order chi connectivity index (χ0) is 20.5. The van der Waals surface area contributed by atoms with Crippen LogP contribution in [0.4, 0.5) is 0 Å². The van der Waals surface area contributed by atoms with Crippen molar-refractivity contribution in [2.45, 2.75) is 58.7 Å². The average molecular weight is 401 g/mol. The Hall–Kier alpha value is -2.33. The van der Waals surface area contributed by atoms with Gasteiger partial charge in [-0.05, 0) is 43.9 Å². The summed E-state index contributed by atoms with van der Waals surface area (Å²) in [7, 11) is 0. The molecule has 0 aliphatic carbocycles. The summed E-state index contributed by atoms with van der Waals surface area (Å²) in [5, 5.41) is 3.64. The highest BCUT2D eigenvalue weighted by Gasteiger charge is 2.26. The van der Waals surface area contributed by atoms with Gasteiger partial charge >= 0.3 is 0 Å². The third-order valence-corrected chi connectivity index (χ3v) is 5.30. The number of carbonyl (C=O) groups excluding carboxylic acids is 2. The Bertz CT molecular complexity index is 779. The fourth-order valence-corrected chi connectivity index (χ4v) is 3.14. The van der Waals surface area contributed by atoms with Gasteiger partial charge in [0.25, 0.3) is 0 Å². The minimum absolute atomic E-state index is 0.0597. The lowest BCUT2D eigenvalue weighted by atomic mass is 10.1. The van der Waals surface area contributed by atoms with E-state index in [9.17, 15) is 9.59 Å². The normalized spacial score (nSPS) is 12.9. The van der Waals surface area contributed by atoms with Crippen LogP contribution in [0.1, 0.15) is 44.7 Å². The maximum absolute atomic E-state index is 13.0. The van der Waals surface area contributed by atoms with Gasteiger partial charge in [-0.3, -0.25) is 9.59 Å². The Labute approximate surface area is 172 Å². The van der Waals surface area contributed by atoms with Crippen LogP contribution in [0.25, 0.3) is 0 Å². The SMILES string of the molecule is CC[C@@H](C)NC(=O)[C@@H](C)N(Cc1ccccc1)C(=O)CCc1ccccc1Cl. The Morgan fingerprint density at radius 3 is 2.32 bits per heavy atom. The van der Waals surface area contributed by atoms with Gasteiger partial charge in [0.05, 0.1) is 0 Å². The number of hydrogen-bond acceptors (Lipinski definition) is 2. The van der Waals surface area contributed by atoms with Crippen molar-refractivity contribution in [1.29, 1.82) is 0 Å². The lowest BCUT2D eigenvalue weighted by Crippen LogP contribution is -2.49. The van der Waals surface area contributed by atoms with Gasteiger partial charge in [-0.25, -0.2) is 0 Å². The van der Waals surface area contributed by atoms with Crippen molar-refractivity contribution in [3.8, 4) is 0 Å². The first-order valence-electron chi connectivity index (χ1n) is 9.79. The van der Waals surface area contributed by atoms with Crippen LogP contribution in [0.2, 0.25) is 5.02 Å². The number of hydrogen-bond donors (Lipinski definition) is 1. The fourth-order valence-electron chi connectivity index (χ4n) is 2.91. The zero-order valence-corrected chi connectivity index (χ0v) is 17.6. The number of halogens is 1. The third kappa shape index (κ3) is 6.38. The molecule has 0 aliphatic heterocycles. The molecule has 0 heterocycles. The number of nitrogens with zero attached hydrogens (tertiary/aromatic N) is 1. The third-order valence-electron chi connectivity index (χ3n) is 4.93. The van der Waals surface area contributed by atoms with Crippen LogP contribution < -0.4 is 5.32 Å². The lowest BCUT2D eigenvalue weighted by molar-refractivity contribution is -0.140. The van der Waals surface area contributed by atoms with Crippen LogP contribution >= 0.6 is 11.6 Å². The Kier molecular flexibility index (Phi) is 8.52. The highest BCUT2D eigenvalue weighted by atomic mass is 35.5. The van der Waals surface area contributed by atoms with Crippen molar-refractivity contribution in [2.75, 3.05) is 0 Å². The van der Waals surface area contributed by atoms with Gasteiger partial charge in [-0.1, -0.05) is 67.1 Å². The molecule has 2 amide bonds. The molecule has 28 heavy (non-hydrogen) atoms. The Morgan fingerprint density at radius 1 is 1.04 bits per heavy atom. The van der Waals surface area contributed by atoms with E-state index in [1.54, 1.807) is 11.8 Å². The Balaban J connectivity index is 2.13. The molecule has 0 saturated heterocycles. The first-order valence-corrected chi connectivity index (χ1v) is 10.2. The van der Waals surface area contributed by atoms with Crippen molar-refractivity contribution in [1.82, 2.24) is 10.2 Å². The van der Waals surface area contributed by atoms with Gasteiger partial charge < -0.3 is 10.2 Å². The van der Waals surface area contributed by atoms with Crippen LogP contribution in [-0.4, -0.2) is 28.8 Å². The summed E-state index contributed by atoms with van der Waals surface area (Å²) in [6.45, 7) is 6.17. The summed E-state index contributed by atoms with van der Waals surface area (Å²) in [5.41, 5.74) is 1.94. The highest BCUT2D eigenvalue weighted by Crippen LogP contribution is 2.18. The summed E-state index contributed by atoms with van der Waals surface area (Å²) in [6, 6.07) is 16.8. The van der Waals surface area contributed by atoms with E-state index in [2.05, 4.69) is 5.32 Å². The zero-order valence-electron chi connectivity index (χ0n) is 16.8. The molecule has 0 spiro atoms. The molecule has 0 aromatic heterocycles. The standard InChI is InChI=1S/C23H29ClN2O2/c1-4-17(2)25-23(28)18(3)26(16-19-10-6-5-7-11-19)22(27)15-14-20-12-8-9-13-21(20)24/h5-13,17-18H,4,14-16H2,1-3H3,(H,25,28)/t17-,18-/m1/s1. The molecule has 0 aliphatic rings. The second-order valence-corrected chi connectivity index (χ2v) is 7.50. The molecule has 2 aromatic rings. The van der Waals surface area contributed by atoms with E-state index in [1.807, 2.05) is 68.4 Å². The molecular formula is C23H29ClN2O2. The summed E-state index contributed by atoms with van der Waals surface area (Å²) in [4.78, 5) is 27.3. The number of carbonyl (C=O) groups is 2. The molecule has 5 heteroatoms. The molecular weight excluding hydrogens is 372 g/mol. The number of amides is 2. The largest absolute Gasteiger partial charge is 0.352 e. The molecule has 0 radical (unpaired) electrons.